The van der Waals surface area contributed by atoms with Crippen LogP contribution in [-0.2, 0) is 22.6 Å². The number of esters is 1. The molecule has 0 saturated heterocycles. The van der Waals surface area contributed by atoms with E-state index in [0.717, 1.165) is 22.0 Å². The molecule has 0 atom stereocenters. The van der Waals surface area contributed by atoms with E-state index in [9.17, 15) is 19.2 Å². The third-order valence-electron chi connectivity index (χ3n) is 3.15. The van der Waals surface area contributed by atoms with Crippen LogP contribution in [0.4, 0.5) is 0 Å². The van der Waals surface area contributed by atoms with Crippen LogP contribution in [0.15, 0.2) is 14.4 Å². The number of unbranched alkanes of at least 4 members (excludes halogenated alkanes) is 2. The molecule has 1 aromatic rings. The first-order valence-electron chi connectivity index (χ1n) is 7.31. The molecule has 124 valence electrons. The predicted octanol–water partition coefficient (Wildman–Crippen LogP) is -1.22. The molecule has 9 heteroatoms. The Morgan fingerprint density at radius 1 is 1.14 bits per heavy atom. The number of aromatic amines is 1. The summed E-state index contributed by atoms with van der Waals surface area (Å²) in [6.07, 6.45) is 2.68. The number of nitrogens with one attached hydrogen (secondary N) is 1. The van der Waals surface area contributed by atoms with Crippen molar-refractivity contribution in [3.8, 4) is 0 Å². The van der Waals surface area contributed by atoms with Gasteiger partial charge in [-0.3, -0.25) is 9.78 Å². The number of carbonyl (C=O) groups excluding carboxylic acids is 1. The van der Waals surface area contributed by atoms with Crippen LogP contribution in [0.3, 0.4) is 0 Å². The van der Waals surface area contributed by atoms with Crippen molar-refractivity contribution in [1.29, 1.82) is 0 Å². The highest BCUT2D eigenvalue weighted by atomic mass is 16.5. The van der Waals surface area contributed by atoms with Crippen molar-refractivity contribution in [3.05, 3.63) is 31.5 Å². The Hall–Kier alpha value is -2.16. The third-order valence-corrected chi connectivity index (χ3v) is 3.15. The van der Waals surface area contributed by atoms with Crippen molar-refractivity contribution < 1.29 is 9.53 Å². The average molecular weight is 314 g/mol. The molecular weight excluding hydrogens is 292 g/mol. The van der Waals surface area contributed by atoms with Crippen molar-refractivity contribution in [1.82, 2.24) is 14.1 Å². The summed E-state index contributed by atoms with van der Waals surface area (Å²) in [6, 6.07) is 0. The molecule has 0 amide bonds. The van der Waals surface area contributed by atoms with Gasteiger partial charge in [-0.2, -0.15) is 0 Å². The van der Waals surface area contributed by atoms with Crippen molar-refractivity contribution >= 4 is 5.97 Å². The van der Waals surface area contributed by atoms with Crippen LogP contribution >= 0.6 is 0 Å². The van der Waals surface area contributed by atoms with Crippen LogP contribution in [0.5, 0.6) is 0 Å². The van der Waals surface area contributed by atoms with E-state index in [1.165, 1.54) is 0 Å². The van der Waals surface area contributed by atoms with E-state index in [2.05, 4.69) is 0 Å². The molecular formula is C13H22N4O5. The largest absolute Gasteiger partial charge is 0.464 e. The van der Waals surface area contributed by atoms with Crippen molar-refractivity contribution in [2.24, 2.45) is 5.73 Å². The molecule has 1 heterocycles. The second-order valence-electron chi connectivity index (χ2n) is 4.73. The molecule has 3 N–H and O–H groups in total. The van der Waals surface area contributed by atoms with Crippen molar-refractivity contribution in [2.45, 2.75) is 45.7 Å². The Kier molecular flexibility index (Phi) is 7.30. The number of hydrogen-bond acceptors (Lipinski definition) is 6. The summed E-state index contributed by atoms with van der Waals surface area (Å²) >= 11 is 0. The van der Waals surface area contributed by atoms with Gasteiger partial charge < -0.3 is 10.5 Å². The topological polar surface area (TPSA) is 129 Å². The molecule has 0 aromatic carbocycles. The van der Waals surface area contributed by atoms with Gasteiger partial charge in [0.15, 0.2) is 0 Å². The van der Waals surface area contributed by atoms with E-state index in [1.54, 1.807) is 6.92 Å². The number of nitrogens with two attached hydrogens (primary N) is 1. The van der Waals surface area contributed by atoms with Crippen molar-refractivity contribution in [2.75, 3.05) is 13.2 Å². The fraction of sp³-hybridized carbons (Fsp3) is 0.692. The SMILES string of the molecule is CCn1c(=O)[nH]c(=O)n(CCOC(=O)CCCCCN)c1=O. The Morgan fingerprint density at radius 2 is 1.82 bits per heavy atom. The number of ether oxygens (including phenoxy) is 1. The third kappa shape index (κ3) is 4.99. The normalized spacial score (nSPS) is 10.6. The highest BCUT2D eigenvalue weighted by molar-refractivity contribution is 5.69. The molecule has 0 spiro atoms. The first kappa shape index (κ1) is 17.9. The number of aromatic nitrogens is 3. The fourth-order valence-electron chi connectivity index (χ4n) is 1.94. The van der Waals surface area contributed by atoms with Crippen LogP contribution in [0.2, 0.25) is 0 Å². The molecule has 0 unspecified atom stereocenters. The molecule has 0 aliphatic rings. The first-order chi connectivity index (χ1) is 10.5. The maximum absolute atomic E-state index is 11.9. The van der Waals surface area contributed by atoms with Crippen LogP contribution < -0.4 is 22.8 Å². The maximum Gasteiger partial charge on any atom is 0.336 e. The lowest BCUT2D eigenvalue weighted by atomic mass is 10.2. The zero-order chi connectivity index (χ0) is 16.5. The Morgan fingerprint density at radius 3 is 2.45 bits per heavy atom. The van der Waals surface area contributed by atoms with Crippen molar-refractivity contribution in [3.63, 3.8) is 0 Å². The number of nitrogens with zero attached hydrogens (tertiary/aromatic N) is 2. The second kappa shape index (κ2) is 8.98. The van der Waals surface area contributed by atoms with Crippen LogP contribution in [-0.4, -0.2) is 33.2 Å². The lowest BCUT2D eigenvalue weighted by Crippen LogP contribution is -2.49. The number of rotatable bonds is 9. The van der Waals surface area contributed by atoms with Gasteiger partial charge in [0, 0.05) is 13.0 Å². The highest BCUT2D eigenvalue weighted by Gasteiger charge is 2.09. The van der Waals surface area contributed by atoms with E-state index in [-0.39, 0.29) is 32.1 Å². The summed E-state index contributed by atoms with van der Waals surface area (Å²) in [5, 5.41) is 0. The summed E-state index contributed by atoms with van der Waals surface area (Å²) in [6.45, 7) is 2.17. The Labute approximate surface area is 126 Å². The Balaban J connectivity index is 2.56. The average Bonchev–Trinajstić information content (AvgIpc) is 2.47. The molecule has 1 aromatic heterocycles. The molecule has 1 rings (SSSR count). The number of hydrogen-bond donors (Lipinski definition) is 2. The van der Waals surface area contributed by atoms with Gasteiger partial charge in [-0.15, -0.1) is 0 Å². The van der Waals surface area contributed by atoms with Crippen LogP contribution in [0.1, 0.15) is 32.6 Å². The van der Waals surface area contributed by atoms with E-state index < -0.39 is 17.1 Å². The zero-order valence-electron chi connectivity index (χ0n) is 12.7. The first-order valence-corrected chi connectivity index (χ1v) is 7.31. The lowest BCUT2D eigenvalue weighted by Gasteiger charge is -2.08. The molecule has 0 aliphatic carbocycles. The smallest absolute Gasteiger partial charge is 0.336 e. The van der Waals surface area contributed by atoms with Crippen LogP contribution in [0.25, 0.3) is 0 Å². The van der Waals surface area contributed by atoms with Gasteiger partial charge in [-0.05, 0) is 26.3 Å². The molecule has 0 aliphatic heterocycles. The number of carbonyl (C=O) groups is 1. The van der Waals surface area contributed by atoms with E-state index >= 15 is 0 Å². The van der Waals surface area contributed by atoms with Gasteiger partial charge in [0.1, 0.15) is 6.61 Å². The van der Waals surface area contributed by atoms with E-state index in [1.807, 2.05) is 4.98 Å². The minimum absolute atomic E-state index is 0.0943. The summed E-state index contributed by atoms with van der Waals surface area (Å²) in [5.74, 6) is -0.384. The number of H-pyrrole nitrogens is 1. The zero-order valence-corrected chi connectivity index (χ0v) is 12.7. The van der Waals surface area contributed by atoms with Crippen LogP contribution in [0, 0.1) is 0 Å². The van der Waals surface area contributed by atoms with E-state index in [4.69, 9.17) is 10.5 Å². The summed E-state index contributed by atoms with van der Waals surface area (Å²) in [5.41, 5.74) is 3.08. The maximum atomic E-state index is 11.9. The lowest BCUT2D eigenvalue weighted by molar-refractivity contribution is -0.144. The van der Waals surface area contributed by atoms with Gasteiger partial charge in [0.05, 0.1) is 6.54 Å². The summed E-state index contributed by atoms with van der Waals surface area (Å²) < 4.78 is 6.71. The quantitative estimate of drug-likeness (QED) is 0.434. The van der Waals surface area contributed by atoms with Gasteiger partial charge >= 0.3 is 23.0 Å². The molecule has 22 heavy (non-hydrogen) atoms. The summed E-state index contributed by atoms with van der Waals surface area (Å²) in [7, 11) is 0. The standard InChI is InChI=1S/C13H22N4O5/c1-2-16-11(19)15-12(20)17(13(16)21)8-9-22-10(18)6-4-3-5-7-14/h2-9,14H2,1H3,(H,15,19,20). The fourth-order valence-corrected chi connectivity index (χ4v) is 1.94. The minimum atomic E-state index is -0.807. The molecule has 0 fully saturated rings. The van der Waals surface area contributed by atoms with Gasteiger partial charge in [-0.1, -0.05) is 6.42 Å². The molecule has 9 nitrogen and oxygen atoms in total. The van der Waals surface area contributed by atoms with Gasteiger partial charge in [0.25, 0.3) is 0 Å². The molecule has 0 saturated carbocycles. The summed E-state index contributed by atoms with van der Waals surface area (Å²) in [4.78, 5) is 48.4. The highest BCUT2D eigenvalue weighted by Crippen LogP contribution is 2.00. The molecule has 0 bridgehead atoms. The van der Waals surface area contributed by atoms with Gasteiger partial charge in [-0.25, -0.2) is 23.5 Å². The van der Waals surface area contributed by atoms with Gasteiger partial charge in [0.2, 0.25) is 0 Å². The second-order valence-corrected chi connectivity index (χ2v) is 4.73. The monoisotopic (exact) mass is 314 g/mol. The van der Waals surface area contributed by atoms with E-state index in [0.29, 0.717) is 13.0 Å². The predicted molar refractivity (Wildman–Crippen MR) is 79.7 cm³/mol. The Bertz CT molecular complexity index is 658. The minimum Gasteiger partial charge on any atom is -0.464 e. The molecule has 0 radical (unpaired) electrons.